The summed E-state index contributed by atoms with van der Waals surface area (Å²) in [6.07, 6.45) is 4.14. The molecule has 0 saturated heterocycles. The number of rotatable bonds is 0. The molecule has 8 heterocycles. The van der Waals surface area contributed by atoms with Gasteiger partial charge >= 0.3 is 0 Å². The van der Waals surface area contributed by atoms with E-state index in [0.717, 1.165) is 107 Å². The van der Waals surface area contributed by atoms with Crippen LogP contribution in [0.2, 0.25) is 0 Å². The first-order valence-corrected chi connectivity index (χ1v) is 43.4. The zero-order valence-electron chi connectivity index (χ0n) is 73.2. The lowest BCUT2D eigenvalue weighted by molar-refractivity contribution is 0.717. The summed E-state index contributed by atoms with van der Waals surface area (Å²) in [5, 5.41) is 52.2. The Hall–Kier alpha value is -14.9. The molecule has 4 aliphatic carbocycles. The average Bonchev–Trinajstić information content (AvgIpc) is 1.56. The van der Waals surface area contributed by atoms with Gasteiger partial charge in [-0.05, 0) is 117 Å². The molecule has 624 valence electrons. The molecule has 0 bridgehead atoms. The van der Waals surface area contributed by atoms with E-state index in [1.807, 2.05) is 70.4 Å². The van der Waals surface area contributed by atoms with Crippen molar-refractivity contribution in [2.75, 3.05) is 23.9 Å². The summed E-state index contributed by atoms with van der Waals surface area (Å²) >= 11 is 0. The second-order valence-corrected chi connectivity index (χ2v) is 33.9. The fourth-order valence-electron chi connectivity index (χ4n) is 19.6. The molecular weight excluding hydrogens is 1550 g/mol. The monoisotopic (exact) mass is 1650 g/mol. The smallest absolute Gasteiger partial charge is 0.121 e. The second-order valence-electron chi connectivity index (χ2n) is 33.9. The Labute approximate surface area is 735 Å². The maximum absolute atomic E-state index is 4.45. The summed E-state index contributed by atoms with van der Waals surface area (Å²) in [5.41, 5.74) is 42.9. The molecule has 20 heteroatoms. The van der Waals surface area contributed by atoms with Crippen molar-refractivity contribution >= 4 is 11.4 Å². The van der Waals surface area contributed by atoms with Crippen LogP contribution in [0.1, 0.15) is 107 Å². The molecule has 18 aromatic rings. The first kappa shape index (κ1) is 80.8. The van der Waals surface area contributed by atoms with E-state index >= 15 is 0 Å². The molecule has 0 radical (unpaired) electrons. The van der Waals surface area contributed by atoms with Gasteiger partial charge in [0.15, 0.2) is 0 Å². The Balaban J connectivity index is 0.0000000987. The summed E-state index contributed by atoms with van der Waals surface area (Å²) in [4.78, 5) is 4.56. The van der Waals surface area contributed by atoms with Crippen LogP contribution in [0.4, 0.5) is 11.4 Å². The lowest BCUT2D eigenvalue weighted by atomic mass is 9.83. The Bertz CT molecular complexity index is 6370. The molecule has 126 heavy (non-hydrogen) atoms. The molecular formula is C106H100N20. The largest absolute Gasteiger partial charge is 0.370 e. The number of hydrogen-bond donors (Lipinski definition) is 0. The fourth-order valence-corrected chi connectivity index (χ4v) is 19.6. The van der Waals surface area contributed by atoms with Gasteiger partial charge in [0.2, 0.25) is 0 Å². The molecule has 0 amide bonds. The zero-order chi connectivity index (χ0) is 86.4. The van der Waals surface area contributed by atoms with E-state index in [4.69, 9.17) is 0 Å². The molecule has 0 N–H and O–H groups in total. The van der Waals surface area contributed by atoms with Crippen LogP contribution < -0.4 is 9.80 Å². The minimum atomic E-state index is 0.470. The fraction of sp³-hybridized carbons (Fsp3) is 0.208. The average molecular weight is 1650 g/mol. The molecule has 6 aliphatic rings. The van der Waals surface area contributed by atoms with E-state index in [-0.39, 0.29) is 0 Å². The predicted molar refractivity (Wildman–Crippen MR) is 504 cm³/mol. The van der Waals surface area contributed by atoms with Gasteiger partial charge < -0.3 is 9.80 Å². The van der Waals surface area contributed by atoms with E-state index < -0.39 is 0 Å². The van der Waals surface area contributed by atoms with Gasteiger partial charge in [-0.25, -0.2) is 28.1 Å². The quantitative estimate of drug-likeness (QED) is 0.139. The third kappa shape index (κ3) is 15.0. The van der Waals surface area contributed by atoms with Crippen molar-refractivity contribution in [1.82, 2.24) is 90.0 Å². The molecule has 4 atom stereocenters. The molecule has 2 aliphatic heterocycles. The topological polar surface area (TPSA) is 191 Å². The van der Waals surface area contributed by atoms with Gasteiger partial charge in [0.05, 0.1) is 34.2 Å². The predicted octanol–water partition coefficient (Wildman–Crippen LogP) is 21.4. The molecule has 6 aromatic heterocycles. The SMILES string of the molecule is CC1Cc2ccccc2-c2c(nnn2C)-c2ccccc21.CC1Cc2ccccc2-c2c(nnn2C)-c2ccccc21.CC1Cc2ccccc2-c2nnn(C)c2-c2ccccc21.CC1Cc2ccccc2-c2nnn(C)c2-c2ccccc21.CN1Cc2ccccc2-c2nnn(C)c2-c2ccccc21.CN1Cc2ccccc2-c2nnn(C)c2-c2ccccc21. The summed E-state index contributed by atoms with van der Waals surface area (Å²) in [7, 11) is 16.0. The number of hydrogen-bond acceptors (Lipinski definition) is 14. The molecule has 4 unspecified atom stereocenters. The molecule has 0 saturated carbocycles. The number of anilines is 2. The maximum atomic E-state index is 4.45. The Morgan fingerprint density at radius 1 is 0.190 bits per heavy atom. The van der Waals surface area contributed by atoms with Gasteiger partial charge in [0, 0.05) is 148 Å². The van der Waals surface area contributed by atoms with Crippen LogP contribution in [-0.2, 0) is 81.1 Å². The number of fused-ring (bicyclic) bond motifs is 30. The number of aryl methyl sites for hydroxylation is 6. The van der Waals surface area contributed by atoms with Gasteiger partial charge in [-0.2, -0.15) is 0 Å². The van der Waals surface area contributed by atoms with Gasteiger partial charge in [-0.15, -0.1) is 30.6 Å². The highest BCUT2D eigenvalue weighted by atomic mass is 15.5. The van der Waals surface area contributed by atoms with Crippen molar-refractivity contribution in [3.63, 3.8) is 0 Å². The third-order valence-electron chi connectivity index (χ3n) is 25.6. The van der Waals surface area contributed by atoms with Crippen LogP contribution in [0.5, 0.6) is 0 Å². The number of para-hydroxylation sites is 2. The lowest BCUT2D eigenvalue weighted by Gasteiger charge is -2.26. The van der Waals surface area contributed by atoms with Crippen LogP contribution in [0.25, 0.3) is 135 Å². The highest BCUT2D eigenvalue weighted by Crippen LogP contribution is 2.48. The van der Waals surface area contributed by atoms with Gasteiger partial charge in [0.25, 0.3) is 0 Å². The van der Waals surface area contributed by atoms with E-state index in [0.29, 0.717) is 23.7 Å². The Morgan fingerprint density at radius 2 is 0.373 bits per heavy atom. The normalized spacial score (nSPS) is 15.2. The number of aromatic nitrogens is 18. The van der Waals surface area contributed by atoms with Crippen LogP contribution in [0.15, 0.2) is 291 Å². The maximum Gasteiger partial charge on any atom is 0.121 e. The van der Waals surface area contributed by atoms with E-state index in [2.05, 4.69) is 405 Å². The van der Waals surface area contributed by atoms with Crippen LogP contribution in [0.3, 0.4) is 0 Å². The Kier molecular flexibility index (Phi) is 22.1. The first-order chi connectivity index (χ1) is 61.5. The van der Waals surface area contributed by atoms with E-state index in [9.17, 15) is 0 Å². The third-order valence-corrected chi connectivity index (χ3v) is 25.6. The van der Waals surface area contributed by atoms with Crippen LogP contribution in [0, 0.1) is 0 Å². The van der Waals surface area contributed by atoms with Gasteiger partial charge in [-0.3, -0.25) is 0 Å². The first-order valence-electron chi connectivity index (χ1n) is 43.4. The summed E-state index contributed by atoms with van der Waals surface area (Å²) in [5.74, 6) is 1.89. The summed E-state index contributed by atoms with van der Waals surface area (Å²) in [6.45, 7) is 10.9. The minimum absolute atomic E-state index is 0.470. The van der Waals surface area contributed by atoms with E-state index in [1.54, 1.807) is 0 Å². The van der Waals surface area contributed by atoms with Crippen molar-refractivity contribution in [1.29, 1.82) is 0 Å². The van der Waals surface area contributed by atoms with Crippen molar-refractivity contribution in [2.45, 2.75) is 90.1 Å². The molecule has 0 fully saturated rings. The molecule has 12 aromatic carbocycles. The van der Waals surface area contributed by atoms with Crippen molar-refractivity contribution < 1.29 is 0 Å². The minimum Gasteiger partial charge on any atom is -0.370 e. The zero-order valence-corrected chi connectivity index (χ0v) is 73.2. The Morgan fingerprint density at radius 3 is 0.667 bits per heavy atom. The lowest BCUT2D eigenvalue weighted by Crippen LogP contribution is -2.19. The molecule has 24 rings (SSSR count). The van der Waals surface area contributed by atoms with E-state index in [1.165, 1.54) is 134 Å². The van der Waals surface area contributed by atoms with Gasteiger partial charge in [0.1, 0.15) is 34.2 Å². The standard InChI is InChI=1S/4C18H17N3.2C17H16N4/c2*1-12-11-13-7-3-4-9-15(13)18-17(19-20-21(18)2)16-10-6-5-8-14(12)16;2*1-12-11-13-7-3-4-9-15(13)17-18(21(2)20-19-17)16-10-6-5-8-14(12)16;2*1-20-11-12-7-3-4-8-13(12)16-17(21(2)19-18-16)14-9-5-6-10-15(14)20/h4*3-10,12H,11H2,1-2H3;2*3-10H,11H2,1-2H3. The molecule has 0 spiro atoms. The van der Waals surface area contributed by atoms with Crippen molar-refractivity contribution in [3.8, 4) is 135 Å². The van der Waals surface area contributed by atoms with Crippen molar-refractivity contribution in [2.24, 2.45) is 42.3 Å². The summed E-state index contributed by atoms with van der Waals surface area (Å²) < 4.78 is 11.3. The van der Waals surface area contributed by atoms with Crippen molar-refractivity contribution in [3.05, 3.63) is 347 Å². The van der Waals surface area contributed by atoms with Gasteiger partial charge in [-0.1, -0.05) is 338 Å². The van der Waals surface area contributed by atoms with Crippen LogP contribution >= 0.6 is 0 Å². The highest BCUT2D eigenvalue weighted by Gasteiger charge is 2.32. The molecule has 20 nitrogen and oxygen atoms in total. The second kappa shape index (κ2) is 34.4. The number of benzene rings is 12. The summed E-state index contributed by atoms with van der Waals surface area (Å²) in [6, 6.07) is 102. The number of nitrogens with zero attached hydrogens (tertiary/aromatic N) is 20. The highest BCUT2D eigenvalue weighted by molar-refractivity contribution is 5.91. The van der Waals surface area contributed by atoms with Crippen LogP contribution in [-0.4, -0.2) is 104 Å².